The molecule has 0 aromatic heterocycles. The molecule has 2 N–H and O–H groups in total. The smallest absolute Gasteiger partial charge is 0.251 e. The van der Waals surface area contributed by atoms with Crippen LogP contribution in [0, 0.1) is 5.92 Å². The van der Waals surface area contributed by atoms with Gasteiger partial charge in [0.2, 0.25) is 11.7 Å². The molecule has 7 heteroatoms. The average molecular weight is 427 g/mol. The van der Waals surface area contributed by atoms with Crippen LogP contribution in [0.4, 0.5) is 5.69 Å². The van der Waals surface area contributed by atoms with E-state index >= 15 is 0 Å². The summed E-state index contributed by atoms with van der Waals surface area (Å²) in [5.74, 6) is 1.40. The van der Waals surface area contributed by atoms with Crippen molar-refractivity contribution in [1.29, 1.82) is 0 Å². The summed E-state index contributed by atoms with van der Waals surface area (Å²) >= 11 is 0. The highest BCUT2D eigenvalue weighted by Crippen LogP contribution is 2.39. The van der Waals surface area contributed by atoms with Gasteiger partial charge in [-0.3, -0.25) is 9.59 Å². The van der Waals surface area contributed by atoms with E-state index in [4.69, 9.17) is 14.2 Å². The fourth-order valence-electron chi connectivity index (χ4n) is 3.15. The molecule has 2 aromatic carbocycles. The minimum absolute atomic E-state index is 0.0579. The summed E-state index contributed by atoms with van der Waals surface area (Å²) in [6.07, 6.45) is 1.91. The van der Waals surface area contributed by atoms with Gasteiger partial charge in [0.1, 0.15) is 0 Å². The Morgan fingerprint density at radius 1 is 0.935 bits per heavy atom. The third-order valence-corrected chi connectivity index (χ3v) is 4.77. The molecule has 0 atom stereocenters. The predicted molar refractivity (Wildman–Crippen MR) is 119 cm³/mol. The molecule has 166 valence electrons. The van der Waals surface area contributed by atoms with Gasteiger partial charge < -0.3 is 24.8 Å². The van der Waals surface area contributed by atoms with Gasteiger partial charge in [-0.2, -0.15) is 0 Å². The van der Waals surface area contributed by atoms with Crippen LogP contribution in [0.3, 0.4) is 0 Å². The maximum Gasteiger partial charge on any atom is 0.251 e. The fourth-order valence-corrected chi connectivity index (χ4v) is 3.15. The van der Waals surface area contributed by atoms with E-state index in [1.54, 1.807) is 12.1 Å². The van der Waals surface area contributed by atoms with Gasteiger partial charge in [0.15, 0.2) is 11.5 Å². The molecular weight excluding hydrogens is 396 g/mol. The van der Waals surface area contributed by atoms with E-state index in [1.807, 2.05) is 45.0 Å². The number of rotatable bonds is 11. The molecule has 3 rings (SSSR count). The van der Waals surface area contributed by atoms with Gasteiger partial charge in [-0.1, -0.05) is 12.1 Å². The van der Waals surface area contributed by atoms with Crippen molar-refractivity contribution in [3.8, 4) is 17.2 Å². The molecular formula is C24H30N2O5. The molecule has 1 fully saturated rings. The Bertz CT molecular complexity index is 897. The second kappa shape index (κ2) is 10.7. The van der Waals surface area contributed by atoms with Crippen LogP contribution < -0.4 is 24.8 Å². The first-order valence-corrected chi connectivity index (χ1v) is 10.8. The monoisotopic (exact) mass is 426 g/mol. The van der Waals surface area contributed by atoms with Crippen LogP contribution in [0.25, 0.3) is 0 Å². The third-order valence-electron chi connectivity index (χ3n) is 4.77. The summed E-state index contributed by atoms with van der Waals surface area (Å²) < 4.78 is 17.1. The molecule has 0 bridgehead atoms. The first kappa shape index (κ1) is 22.5. The molecule has 2 aromatic rings. The van der Waals surface area contributed by atoms with Gasteiger partial charge in [0.25, 0.3) is 5.91 Å². The number of ether oxygens (including phenoxy) is 3. The summed E-state index contributed by atoms with van der Waals surface area (Å²) in [5.41, 5.74) is 2.05. The van der Waals surface area contributed by atoms with Crippen LogP contribution in [-0.4, -0.2) is 31.6 Å². The van der Waals surface area contributed by atoms with Gasteiger partial charge in [0, 0.05) is 23.7 Å². The van der Waals surface area contributed by atoms with E-state index in [0.29, 0.717) is 49.2 Å². The molecule has 0 saturated heterocycles. The minimum Gasteiger partial charge on any atom is -0.490 e. The number of anilines is 1. The van der Waals surface area contributed by atoms with Crippen molar-refractivity contribution >= 4 is 17.5 Å². The number of carbonyl (C=O) groups is 2. The van der Waals surface area contributed by atoms with Crippen LogP contribution in [0.15, 0.2) is 36.4 Å². The Morgan fingerprint density at radius 3 is 2.16 bits per heavy atom. The maximum atomic E-state index is 12.8. The summed E-state index contributed by atoms with van der Waals surface area (Å²) in [7, 11) is 0. The SMILES string of the molecule is CCOc1cc(C(=O)NCc2cccc(NC(=O)C3CC3)c2)cc(OCC)c1OCC. The van der Waals surface area contributed by atoms with Gasteiger partial charge >= 0.3 is 0 Å². The standard InChI is InChI=1S/C24H30N2O5/c1-4-29-20-13-18(14-21(30-5-2)22(20)31-6-3)23(27)25-15-16-8-7-9-19(12-16)26-24(28)17-10-11-17/h7-9,12-14,17H,4-6,10-11,15H2,1-3H3,(H,25,27)(H,26,28). The number of nitrogens with one attached hydrogen (secondary N) is 2. The van der Waals surface area contributed by atoms with Crippen LogP contribution in [-0.2, 0) is 11.3 Å². The zero-order chi connectivity index (χ0) is 22.2. The highest BCUT2D eigenvalue weighted by Gasteiger charge is 2.29. The van der Waals surface area contributed by atoms with Crippen LogP contribution in [0.5, 0.6) is 17.2 Å². The lowest BCUT2D eigenvalue weighted by molar-refractivity contribution is -0.117. The molecule has 0 spiro atoms. The highest BCUT2D eigenvalue weighted by molar-refractivity contribution is 5.96. The number of amides is 2. The largest absolute Gasteiger partial charge is 0.490 e. The van der Waals surface area contributed by atoms with E-state index in [-0.39, 0.29) is 17.7 Å². The second-order valence-corrected chi connectivity index (χ2v) is 7.25. The van der Waals surface area contributed by atoms with Crippen molar-refractivity contribution in [2.45, 2.75) is 40.2 Å². The number of hydrogen-bond acceptors (Lipinski definition) is 5. The maximum absolute atomic E-state index is 12.8. The Hall–Kier alpha value is -3.22. The summed E-state index contributed by atoms with van der Waals surface area (Å²) in [6.45, 7) is 7.29. The quantitative estimate of drug-likeness (QED) is 0.563. The molecule has 2 amide bonds. The molecule has 0 heterocycles. The van der Waals surface area contributed by atoms with Crippen molar-refractivity contribution in [2.75, 3.05) is 25.1 Å². The normalized spacial score (nSPS) is 12.7. The zero-order valence-electron chi connectivity index (χ0n) is 18.3. The Kier molecular flexibility index (Phi) is 7.76. The van der Waals surface area contributed by atoms with Gasteiger partial charge in [-0.05, 0) is 63.4 Å². The average Bonchev–Trinajstić information content (AvgIpc) is 3.60. The minimum atomic E-state index is -0.252. The Balaban J connectivity index is 1.71. The van der Waals surface area contributed by atoms with Gasteiger partial charge in [-0.15, -0.1) is 0 Å². The lowest BCUT2D eigenvalue weighted by Gasteiger charge is -2.17. The van der Waals surface area contributed by atoms with E-state index < -0.39 is 0 Å². The van der Waals surface area contributed by atoms with Crippen molar-refractivity contribution in [1.82, 2.24) is 5.32 Å². The van der Waals surface area contributed by atoms with E-state index in [2.05, 4.69) is 10.6 Å². The number of carbonyl (C=O) groups excluding carboxylic acids is 2. The molecule has 0 radical (unpaired) electrons. The lowest BCUT2D eigenvalue weighted by Crippen LogP contribution is -2.23. The number of hydrogen-bond donors (Lipinski definition) is 2. The van der Waals surface area contributed by atoms with Gasteiger partial charge in [-0.25, -0.2) is 0 Å². The molecule has 1 aliphatic carbocycles. The zero-order valence-corrected chi connectivity index (χ0v) is 18.3. The summed E-state index contributed by atoms with van der Waals surface area (Å²) in [5, 5.41) is 5.84. The lowest BCUT2D eigenvalue weighted by atomic mass is 10.1. The molecule has 1 saturated carbocycles. The predicted octanol–water partition coefficient (Wildman–Crippen LogP) is 4.16. The van der Waals surface area contributed by atoms with E-state index in [1.165, 1.54) is 0 Å². The third kappa shape index (κ3) is 6.13. The van der Waals surface area contributed by atoms with Crippen molar-refractivity contribution in [3.63, 3.8) is 0 Å². The van der Waals surface area contributed by atoms with E-state index in [0.717, 1.165) is 24.1 Å². The van der Waals surface area contributed by atoms with Crippen LogP contribution in [0.2, 0.25) is 0 Å². The summed E-state index contributed by atoms with van der Waals surface area (Å²) in [4.78, 5) is 24.8. The van der Waals surface area contributed by atoms with Gasteiger partial charge in [0.05, 0.1) is 19.8 Å². The Morgan fingerprint density at radius 2 is 1.58 bits per heavy atom. The molecule has 1 aliphatic rings. The van der Waals surface area contributed by atoms with Crippen LogP contribution in [0.1, 0.15) is 49.5 Å². The van der Waals surface area contributed by atoms with Crippen molar-refractivity contribution in [3.05, 3.63) is 47.5 Å². The fraction of sp³-hybridized carbons (Fsp3) is 0.417. The molecule has 7 nitrogen and oxygen atoms in total. The van der Waals surface area contributed by atoms with Crippen molar-refractivity contribution < 1.29 is 23.8 Å². The van der Waals surface area contributed by atoms with Crippen LogP contribution >= 0.6 is 0 Å². The molecule has 0 aliphatic heterocycles. The topological polar surface area (TPSA) is 85.9 Å². The highest BCUT2D eigenvalue weighted by atomic mass is 16.5. The summed E-state index contributed by atoms with van der Waals surface area (Å²) in [6, 6.07) is 10.8. The molecule has 0 unspecified atom stereocenters. The second-order valence-electron chi connectivity index (χ2n) is 7.25. The first-order valence-electron chi connectivity index (χ1n) is 10.8. The van der Waals surface area contributed by atoms with Crippen molar-refractivity contribution in [2.24, 2.45) is 5.92 Å². The van der Waals surface area contributed by atoms with E-state index in [9.17, 15) is 9.59 Å². The number of benzene rings is 2. The first-order chi connectivity index (χ1) is 15.0. The molecule has 31 heavy (non-hydrogen) atoms. The Labute approximate surface area is 183 Å².